The molecule has 1 nitrogen and oxygen atoms in total. The summed E-state index contributed by atoms with van der Waals surface area (Å²) in [6.45, 7) is 0.919. The van der Waals surface area contributed by atoms with Crippen LogP contribution >= 0.6 is 11.6 Å². The van der Waals surface area contributed by atoms with Crippen LogP contribution in [0.1, 0.15) is 29.9 Å². The Bertz CT molecular complexity index is 592. The lowest BCUT2D eigenvalue weighted by molar-refractivity contribution is 0.573. The predicted octanol–water partition coefficient (Wildman–Crippen LogP) is 4.56. The van der Waals surface area contributed by atoms with Gasteiger partial charge in [-0.25, -0.2) is 4.39 Å². The van der Waals surface area contributed by atoms with Crippen molar-refractivity contribution in [3.8, 4) is 0 Å². The van der Waals surface area contributed by atoms with Gasteiger partial charge in [0.2, 0.25) is 0 Å². The Labute approximate surface area is 130 Å². The van der Waals surface area contributed by atoms with Crippen LogP contribution in [-0.4, -0.2) is 12.6 Å². The maximum atomic E-state index is 13.4. The van der Waals surface area contributed by atoms with E-state index in [1.165, 1.54) is 24.5 Å². The molecule has 110 valence electrons. The van der Waals surface area contributed by atoms with Gasteiger partial charge in [-0.15, -0.1) is 0 Å². The standard InChI is InChI=1S/C18H19ClFN/c19-16-6-4-14(5-7-16)15(12-21-18-8-9-18)10-13-2-1-3-17(20)11-13/h1-7,11,15,18,21H,8-10,12H2. The van der Waals surface area contributed by atoms with Gasteiger partial charge in [0.05, 0.1) is 0 Å². The van der Waals surface area contributed by atoms with Gasteiger partial charge in [0.25, 0.3) is 0 Å². The zero-order valence-corrected chi connectivity index (χ0v) is 12.6. The van der Waals surface area contributed by atoms with Crippen LogP contribution in [0.3, 0.4) is 0 Å². The molecule has 0 saturated heterocycles. The van der Waals surface area contributed by atoms with Crippen LogP contribution in [0.2, 0.25) is 5.02 Å². The van der Waals surface area contributed by atoms with Crippen molar-refractivity contribution in [1.29, 1.82) is 0 Å². The molecular weight excluding hydrogens is 285 g/mol. The highest BCUT2D eigenvalue weighted by molar-refractivity contribution is 6.30. The van der Waals surface area contributed by atoms with E-state index in [-0.39, 0.29) is 5.82 Å². The van der Waals surface area contributed by atoms with E-state index in [0.717, 1.165) is 23.6 Å². The van der Waals surface area contributed by atoms with Gasteiger partial charge >= 0.3 is 0 Å². The summed E-state index contributed by atoms with van der Waals surface area (Å²) < 4.78 is 13.4. The van der Waals surface area contributed by atoms with Crippen molar-refractivity contribution in [3.63, 3.8) is 0 Å². The summed E-state index contributed by atoms with van der Waals surface area (Å²) in [6.07, 6.45) is 3.37. The first-order valence-corrected chi connectivity index (χ1v) is 7.82. The molecule has 0 radical (unpaired) electrons. The van der Waals surface area contributed by atoms with Crippen LogP contribution in [0.4, 0.5) is 4.39 Å². The van der Waals surface area contributed by atoms with Gasteiger partial charge in [0.1, 0.15) is 5.82 Å². The van der Waals surface area contributed by atoms with Crippen molar-refractivity contribution in [1.82, 2.24) is 5.32 Å². The van der Waals surface area contributed by atoms with Crippen molar-refractivity contribution < 1.29 is 4.39 Å². The maximum absolute atomic E-state index is 13.4. The van der Waals surface area contributed by atoms with Crippen LogP contribution < -0.4 is 5.32 Å². The second-order valence-electron chi connectivity index (χ2n) is 5.77. The Morgan fingerprint density at radius 3 is 2.57 bits per heavy atom. The normalized spacial score (nSPS) is 15.9. The SMILES string of the molecule is Fc1cccc(CC(CNC2CC2)c2ccc(Cl)cc2)c1. The van der Waals surface area contributed by atoms with Crippen LogP contribution in [0.5, 0.6) is 0 Å². The molecule has 2 aromatic rings. The fourth-order valence-corrected chi connectivity index (χ4v) is 2.71. The topological polar surface area (TPSA) is 12.0 Å². The molecule has 2 aromatic carbocycles. The van der Waals surface area contributed by atoms with Gasteiger partial charge in [0.15, 0.2) is 0 Å². The van der Waals surface area contributed by atoms with Crippen molar-refractivity contribution >= 4 is 11.6 Å². The summed E-state index contributed by atoms with van der Waals surface area (Å²) in [5, 5.41) is 4.33. The first kappa shape index (κ1) is 14.6. The highest BCUT2D eigenvalue weighted by Crippen LogP contribution is 2.25. The predicted molar refractivity (Wildman–Crippen MR) is 85.3 cm³/mol. The third kappa shape index (κ3) is 4.29. The Balaban J connectivity index is 1.75. The molecular formula is C18H19ClFN. The third-order valence-corrected chi connectivity index (χ3v) is 4.19. The maximum Gasteiger partial charge on any atom is 0.123 e. The smallest absolute Gasteiger partial charge is 0.123 e. The number of hydrogen-bond donors (Lipinski definition) is 1. The molecule has 0 aliphatic heterocycles. The monoisotopic (exact) mass is 303 g/mol. The van der Waals surface area contributed by atoms with E-state index in [1.807, 2.05) is 18.2 Å². The molecule has 0 aromatic heterocycles. The highest BCUT2D eigenvalue weighted by Gasteiger charge is 2.22. The van der Waals surface area contributed by atoms with E-state index in [0.29, 0.717) is 12.0 Å². The van der Waals surface area contributed by atoms with E-state index in [4.69, 9.17) is 11.6 Å². The number of rotatable bonds is 6. The Hall–Kier alpha value is -1.38. The molecule has 1 atom stereocenters. The first-order chi connectivity index (χ1) is 10.2. The van der Waals surface area contributed by atoms with Crippen molar-refractivity contribution in [2.45, 2.75) is 31.2 Å². The highest BCUT2D eigenvalue weighted by atomic mass is 35.5. The summed E-state index contributed by atoms with van der Waals surface area (Å²) in [4.78, 5) is 0. The van der Waals surface area contributed by atoms with E-state index in [9.17, 15) is 4.39 Å². The number of nitrogens with one attached hydrogen (secondary N) is 1. The molecule has 0 amide bonds. The Kier molecular flexibility index (Phi) is 4.57. The second kappa shape index (κ2) is 6.59. The van der Waals surface area contributed by atoms with Gasteiger partial charge in [0, 0.05) is 23.5 Å². The van der Waals surface area contributed by atoms with Gasteiger partial charge in [-0.05, 0) is 54.7 Å². The average Bonchev–Trinajstić information content (AvgIpc) is 3.29. The molecule has 1 N–H and O–H groups in total. The molecule has 1 aliphatic rings. The quantitative estimate of drug-likeness (QED) is 0.825. The molecule has 1 fully saturated rings. The summed E-state index contributed by atoms with van der Waals surface area (Å²) in [5.41, 5.74) is 2.28. The number of hydrogen-bond acceptors (Lipinski definition) is 1. The van der Waals surface area contributed by atoms with Crippen LogP contribution in [0, 0.1) is 5.82 Å². The van der Waals surface area contributed by atoms with Crippen LogP contribution in [-0.2, 0) is 6.42 Å². The van der Waals surface area contributed by atoms with Gasteiger partial charge in [-0.1, -0.05) is 35.9 Å². The average molecular weight is 304 g/mol. The van der Waals surface area contributed by atoms with Crippen LogP contribution in [0.15, 0.2) is 48.5 Å². The summed E-state index contributed by atoms with van der Waals surface area (Å²) in [7, 11) is 0. The Morgan fingerprint density at radius 1 is 1.14 bits per heavy atom. The summed E-state index contributed by atoms with van der Waals surface area (Å²) >= 11 is 5.97. The second-order valence-corrected chi connectivity index (χ2v) is 6.20. The fraction of sp³-hybridized carbons (Fsp3) is 0.333. The van der Waals surface area contributed by atoms with Gasteiger partial charge < -0.3 is 5.32 Å². The molecule has 3 heteroatoms. The molecule has 21 heavy (non-hydrogen) atoms. The lowest BCUT2D eigenvalue weighted by atomic mass is 9.92. The van der Waals surface area contributed by atoms with Gasteiger partial charge in [-0.3, -0.25) is 0 Å². The minimum atomic E-state index is -0.169. The van der Waals surface area contributed by atoms with E-state index >= 15 is 0 Å². The van der Waals surface area contributed by atoms with E-state index in [2.05, 4.69) is 17.4 Å². The fourth-order valence-electron chi connectivity index (χ4n) is 2.59. The zero-order valence-electron chi connectivity index (χ0n) is 11.9. The molecule has 0 bridgehead atoms. The summed E-state index contributed by atoms with van der Waals surface area (Å²) in [6, 6.07) is 15.5. The molecule has 3 rings (SSSR count). The van der Waals surface area contributed by atoms with E-state index < -0.39 is 0 Å². The van der Waals surface area contributed by atoms with Crippen molar-refractivity contribution in [2.24, 2.45) is 0 Å². The van der Waals surface area contributed by atoms with E-state index in [1.54, 1.807) is 12.1 Å². The third-order valence-electron chi connectivity index (χ3n) is 3.94. The minimum absolute atomic E-state index is 0.169. The zero-order chi connectivity index (χ0) is 14.7. The minimum Gasteiger partial charge on any atom is -0.313 e. The molecule has 1 saturated carbocycles. The van der Waals surface area contributed by atoms with Crippen molar-refractivity contribution in [3.05, 3.63) is 70.5 Å². The molecule has 1 unspecified atom stereocenters. The molecule has 0 spiro atoms. The molecule has 1 aliphatic carbocycles. The number of benzene rings is 2. The number of halogens is 2. The Morgan fingerprint density at radius 2 is 1.90 bits per heavy atom. The lowest BCUT2D eigenvalue weighted by Crippen LogP contribution is -2.24. The van der Waals surface area contributed by atoms with Crippen LogP contribution in [0.25, 0.3) is 0 Å². The van der Waals surface area contributed by atoms with Crippen molar-refractivity contribution in [2.75, 3.05) is 6.54 Å². The molecule has 0 heterocycles. The van der Waals surface area contributed by atoms with Gasteiger partial charge in [-0.2, -0.15) is 0 Å². The first-order valence-electron chi connectivity index (χ1n) is 7.44. The lowest BCUT2D eigenvalue weighted by Gasteiger charge is -2.18. The largest absolute Gasteiger partial charge is 0.313 e. The summed E-state index contributed by atoms with van der Waals surface area (Å²) in [5.74, 6) is 0.169.